The highest BCUT2D eigenvalue weighted by Crippen LogP contribution is 2.45. The molecule has 3 nitrogen and oxygen atoms in total. The summed E-state index contributed by atoms with van der Waals surface area (Å²) >= 11 is 0. The third-order valence-corrected chi connectivity index (χ3v) is 5.41. The summed E-state index contributed by atoms with van der Waals surface area (Å²) in [5.41, 5.74) is -0.0876. The van der Waals surface area contributed by atoms with Gasteiger partial charge in [0.15, 0.2) is 0 Å². The molecule has 2 rings (SSSR count). The normalized spacial score (nSPS) is 34.2. The van der Waals surface area contributed by atoms with Gasteiger partial charge in [0.25, 0.3) is 0 Å². The van der Waals surface area contributed by atoms with Crippen LogP contribution in [0.5, 0.6) is 0 Å². The van der Waals surface area contributed by atoms with E-state index in [-0.39, 0.29) is 17.5 Å². The molecule has 1 saturated carbocycles. The van der Waals surface area contributed by atoms with E-state index in [1.807, 2.05) is 6.08 Å². The SMILES string of the molecule is CCCCC(C)(C)[C@H](O)C=C[C@H]1[C@@H]2CC(=O)O[C@@H]2C[C@@H]1C. The van der Waals surface area contributed by atoms with Crippen LogP contribution in [0, 0.1) is 23.2 Å². The van der Waals surface area contributed by atoms with E-state index in [1.54, 1.807) is 0 Å². The van der Waals surface area contributed by atoms with Crippen LogP contribution >= 0.6 is 0 Å². The average Bonchev–Trinajstić information content (AvgIpc) is 2.89. The van der Waals surface area contributed by atoms with Gasteiger partial charge in [-0.05, 0) is 30.1 Å². The summed E-state index contributed by atoms with van der Waals surface area (Å²) in [7, 11) is 0. The summed E-state index contributed by atoms with van der Waals surface area (Å²) in [6.45, 7) is 8.65. The first-order chi connectivity index (χ1) is 9.85. The fourth-order valence-electron chi connectivity index (χ4n) is 3.79. The highest BCUT2D eigenvalue weighted by Gasteiger charge is 2.47. The molecule has 5 atom stereocenters. The molecule has 2 fully saturated rings. The van der Waals surface area contributed by atoms with E-state index in [1.165, 1.54) is 0 Å². The van der Waals surface area contributed by atoms with E-state index in [4.69, 9.17) is 4.74 Å². The Labute approximate surface area is 128 Å². The Morgan fingerprint density at radius 1 is 1.48 bits per heavy atom. The fourth-order valence-corrected chi connectivity index (χ4v) is 3.79. The second-order valence-electron chi connectivity index (χ2n) is 7.61. The zero-order chi connectivity index (χ0) is 15.6. The number of esters is 1. The van der Waals surface area contributed by atoms with E-state index in [9.17, 15) is 9.90 Å². The average molecular weight is 294 g/mol. The first-order valence-corrected chi connectivity index (χ1v) is 8.41. The second kappa shape index (κ2) is 6.51. The summed E-state index contributed by atoms with van der Waals surface area (Å²) in [6.07, 6.45) is 8.62. The van der Waals surface area contributed by atoms with Gasteiger partial charge in [0.2, 0.25) is 0 Å². The summed E-state index contributed by atoms with van der Waals surface area (Å²) in [4.78, 5) is 11.4. The summed E-state index contributed by atoms with van der Waals surface area (Å²) in [5, 5.41) is 10.5. The maximum atomic E-state index is 11.4. The molecule has 3 heteroatoms. The molecule has 1 aliphatic heterocycles. The first-order valence-electron chi connectivity index (χ1n) is 8.41. The van der Waals surface area contributed by atoms with Crippen molar-refractivity contribution in [1.82, 2.24) is 0 Å². The number of rotatable bonds is 6. The molecule has 1 heterocycles. The van der Waals surface area contributed by atoms with Crippen LogP contribution in [-0.4, -0.2) is 23.3 Å². The number of hydrogen-bond acceptors (Lipinski definition) is 3. The summed E-state index contributed by atoms with van der Waals surface area (Å²) in [6, 6.07) is 0. The van der Waals surface area contributed by atoms with Crippen molar-refractivity contribution in [3.8, 4) is 0 Å². The largest absolute Gasteiger partial charge is 0.462 e. The zero-order valence-corrected chi connectivity index (χ0v) is 13.8. The van der Waals surface area contributed by atoms with Crippen molar-refractivity contribution in [2.75, 3.05) is 0 Å². The van der Waals surface area contributed by atoms with Gasteiger partial charge in [-0.3, -0.25) is 4.79 Å². The highest BCUT2D eigenvalue weighted by atomic mass is 16.6. The minimum absolute atomic E-state index is 0.0564. The Bertz CT molecular complexity index is 399. The van der Waals surface area contributed by atoms with Crippen molar-refractivity contribution in [3.05, 3.63) is 12.2 Å². The van der Waals surface area contributed by atoms with Crippen molar-refractivity contribution in [2.45, 2.75) is 72.0 Å². The minimum Gasteiger partial charge on any atom is -0.462 e. The quantitative estimate of drug-likeness (QED) is 0.600. The zero-order valence-electron chi connectivity index (χ0n) is 13.8. The van der Waals surface area contributed by atoms with E-state index in [2.05, 4.69) is 33.8 Å². The van der Waals surface area contributed by atoms with Crippen LogP contribution in [0.1, 0.15) is 59.8 Å². The monoisotopic (exact) mass is 294 g/mol. The number of carbonyl (C=O) groups is 1. The fraction of sp³-hybridized carbons (Fsp3) is 0.833. The van der Waals surface area contributed by atoms with Crippen LogP contribution in [0.2, 0.25) is 0 Å². The Kier molecular flexibility index (Phi) is 5.13. The van der Waals surface area contributed by atoms with Crippen LogP contribution < -0.4 is 0 Å². The molecule has 0 aromatic carbocycles. The molecule has 1 saturated heterocycles. The van der Waals surface area contributed by atoms with E-state index < -0.39 is 6.10 Å². The number of aliphatic hydroxyl groups excluding tert-OH is 1. The van der Waals surface area contributed by atoms with Crippen LogP contribution in [-0.2, 0) is 9.53 Å². The van der Waals surface area contributed by atoms with Gasteiger partial charge in [0.1, 0.15) is 6.10 Å². The predicted octanol–water partition coefficient (Wildman–Crippen LogP) is 3.71. The Hall–Kier alpha value is -0.830. The van der Waals surface area contributed by atoms with Crippen LogP contribution in [0.15, 0.2) is 12.2 Å². The van der Waals surface area contributed by atoms with Crippen molar-refractivity contribution in [2.24, 2.45) is 23.2 Å². The Morgan fingerprint density at radius 3 is 2.86 bits per heavy atom. The molecule has 0 aromatic heterocycles. The van der Waals surface area contributed by atoms with Gasteiger partial charge < -0.3 is 9.84 Å². The third-order valence-electron chi connectivity index (χ3n) is 5.41. The highest BCUT2D eigenvalue weighted by molar-refractivity contribution is 5.72. The molecular formula is C18H30O3. The molecule has 0 amide bonds. The molecule has 0 aromatic rings. The molecular weight excluding hydrogens is 264 g/mol. The molecule has 1 N–H and O–H groups in total. The van der Waals surface area contributed by atoms with Crippen LogP contribution in [0.25, 0.3) is 0 Å². The number of allylic oxidation sites excluding steroid dienone is 1. The molecule has 21 heavy (non-hydrogen) atoms. The van der Waals surface area contributed by atoms with Gasteiger partial charge in [-0.2, -0.15) is 0 Å². The lowest BCUT2D eigenvalue weighted by molar-refractivity contribution is -0.141. The number of aliphatic hydroxyl groups is 1. The van der Waals surface area contributed by atoms with Crippen molar-refractivity contribution in [1.29, 1.82) is 0 Å². The van der Waals surface area contributed by atoms with Crippen molar-refractivity contribution >= 4 is 5.97 Å². The van der Waals surface area contributed by atoms with Gasteiger partial charge in [-0.25, -0.2) is 0 Å². The molecule has 2 aliphatic rings. The number of fused-ring (bicyclic) bond motifs is 1. The van der Waals surface area contributed by atoms with Crippen LogP contribution in [0.4, 0.5) is 0 Å². The van der Waals surface area contributed by atoms with E-state index in [0.717, 1.165) is 25.7 Å². The first kappa shape index (κ1) is 16.5. The molecule has 0 unspecified atom stereocenters. The third kappa shape index (κ3) is 3.68. The number of carbonyl (C=O) groups excluding carboxylic acids is 1. The minimum atomic E-state index is -0.423. The maximum absolute atomic E-state index is 11.4. The molecule has 0 spiro atoms. The van der Waals surface area contributed by atoms with Gasteiger partial charge in [-0.1, -0.05) is 52.7 Å². The number of ether oxygens (including phenoxy) is 1. The van der Waals surface area contributed by atoms with Crippen molar-refractivity contribution < 1.29 is 14.6 Å². The lowest BCUT2D eigenvalue weighted by Gasteiger charge is -2.29. The lowest BCUT2D eigenvalue weighted by atomic mass is 9.80. The standard InChI is InChI=1S/C18H30O3/c1-5-6-9-18(3,4)16(19)8-7-13-12(2)10-15-14(13)11-17(20)21-15/h7-8,12-16,19H,5-6,9-11H2,1-4H3/t12-,13+,14-,15+,16+/m0/s1. The molecule has 120 valence electrons. The van der Waals surface area contributed by atoms with Gasteiger partial charge in [0, 0.05) is 5.92 Å². The lowest BCUT2D eigenvalue weighted by Crippen LogP contribution is -2.28. The molecule has 1 aliphatic carbocycles. The number of unbranched alkanes of at least 4 members (excludes halogenated alkanes) is 1. The number of hydrogen-bond donors (Lipinski definition) is 1. The van der Waals surface area contributed by atoms with E-state index >= 15 is 0 Å². The van der Waals surface area contributed by atoms with Gasteiger partial charge in [0.05, 0.1) is 12.5 Å². The molecule has 0 bridgehead atoms. The Morgan fingerprint density at radius 2 is 2.19 bits per heavy atom. The smallest absolute Gasteiger partial charge is 0.306 e. The van der Waals surface area contributed by atoms with E-state index in [0.29, 0.717) is 24.2 Å². The topological polar surface area (TPSA) is 46.5 Å². The molecule has 0 radical (unpaired) electrons. The Balaban J connectivity index is 1.98. The van der Waals surface area contributed by atoms with Crippen LogP contribution in [0.3, 0.4) is 0 Å². The summed E-state index contributed by atoms with van der Waals surface area (Å²) in [5.74, 6) is 1.14. The predicted molar refractivity (Wildman–Crippen MR) is 83.7 cm³/mol. The summed E-state index contributed by atoms with van der Waals surface area (Å²) < 4.78 is 5.38. The van der Waals surface area contributed by atoms with Crippen molar-refractivity contribution in [3.63, 3.8) is 0 Å². The maximum Gasteiger partial charge on any atom is 0.306 e. The van der Waals surface area contributed by atoms with Gasteiger partial charge >= 0.3 is 5.97 Å². The van der Waals surface area contributed by atoms with Gasteiger partial charge in [-0.15, -0.1) is 0 Å². The second-order valence-corrected chi connectivity index (χ2v) is 7.61.